The van der Waals surface area contributed by atoms with Crippen molar-refractivity contribution in [2.45, 2.75) is 13.3 Å². The molecule has 0 bridgehead atoms. The zero-order valence-corrected chi connectivity index (χ0v) is 11.4. The summed E-state index contributed by atoms with van der Waals surface area (Å²) >= 11 is 4.42. The third-order valence-electron chi connectivity index (χ3n) is 2.12. The highest BCUT2D eigenvalue weighted by Crippen LogP contribution is 2.21. The number of anilines is 1. The molecule has 2 rings (SSSR count). The van der Waals surface area contributed by atoms with Crippen molar-refractivity contribution >= 4 is 39.1 Å². The molecule has 0 fully saturated rings. The van der Waals surface area contributed by atoms with Crippen LogP contribution in [0.4, 0.5) is 5.69 Å². The predicted octanol–water partition coefficient (Wildman–Crippen LogP) is 2.51. The third-order valence-corrected chi connectivity index (χ3v) is 3.52. The molecule has 0 aliphatic heterocycles. The number of halogens is 1. The van der Waals surface area contributed by atoms with E-state index in [1.165, 1.54) is 0 Å². The van der Waals surface area contributed by atoms with Gasteiger partial charge in [-0.2, -0.15) is 0 Å². The fourth-order valence-corrected chi connectivity index (χ4v) is 2.26. The van der Waals surface area contributed by atoms with E-state index in [0.717, 1.165) is 21.7 Å². The van der Waals surface area contributed by atoms with Gasteiger partial charge in [0.15, 0.2) is 0 Å². The van der Waals surface area contributed by atoms with Crippen LogP contribution in [0.25, 0.3) is 0 Å². The number of aryl methyl sites for hydroxylation is 1. The first-order chi connectivity index (χ1) is 8.22. The molecule has 0 aliphatic carbocycles. The molecule has 0 saturated carbocycles. The molecule has 2 aromatic heterocycles. The van der Waals surface area contributed by atoms with Gasteiger partial charge in [0, 0.05) is 12.4 Å². The van der Waals surface area contributed by atoms with Crippen molar-refractivity contribution in [2.24, 2.45) is 0 Å². The zero-order chi connectivity index (χ0) is 12.3. The largest absolute Gasteiger partial charge is 0.320 e. The second-order valence-electron chi connectivity index (χ2n) is 3.21. The highest BCUT2D eigenvalue weighted by molar-refractivity contribution is 9.10. The number of nitrogens with one attached hydrogen (secondary N) is 1. The highest BCUT2D eigenvalue weighted by atomic mass is 79.9. The number of aromatic nitrogens is 3. The maximum absolute atomic E-state index is 12.0. The van der Waals surface area contributed by atoms with E-state index in [2.05, 4.69) is 35.8 Å². The van der Waals surface area contributed by atoms with Crippen molar-refractivity contribution in [2.75, 3.05) is 5.32 Å². The molecular formula is C10H9BrN4OS. The standard InChI is InChI=1S/C10H9BrN4OS/c1-2-7-9(17-15-14-7)10(16)13-8-3-4-12-5-6(8)11/h3-5H,2H2,1H3,(H,12,13,16). The van der Waals surface area contributed by atoms with Gasteiger partial charge in [-0.25, -0.2) is 0 Å². The molecule has 7 heteroatoms. The number of rotatable bonds is 3. The second kappa shape index (κ2) is 5.33. The van der Waals surface area contributed by atoms with Gasteiger partial charge >= 0.3 is 0 Å². The molecule has 17 heavy (non-hydrogen) atoms. The van der Waals surface area contributed by atoms with E-state index >= 15 is 0 Å². The fraction of sp³-hybridized carbons (Fsp3) is 0.200. The summed E-state index contributed by atoms with van der Waals surface area (Å²) in [4.78, 5) is 16.5. The van der Waals surface area contributed by atoms with Gasteiger partial charge in [-0.1, -0.05) is 11.4 Å². The predicted molar refractivity (Wildman–Crippen MR) is 69.2 cm³/mol. The topological polar surface area (TPSA) is 67.8 Å². The third kappa shape index (κ3) is 2.67. The Hall–Kier alpha value is -1.34. The van der Waals surface area contributed by atoms with Crippen molar-refractivity contribution in [3.8, 4) is 0 Å². The Bertz CT molecular complexity index is 543. The van der Waals surface area contributed by atoms with Crippen LogP contribution in [-0.4, -0.2) is 20.5 Å². The van der Waals surface area contributed by atoms with Crippen molar-refractivity contribution in [3.05, 3.63) is 33.5 Å². The maximum atomic E-state index is 12.0. The van der Waals surface area contributed by atoms with E-state index in [-0.39, 0.29) is 5.91 Å². The number of carbonyl (C=O) groups is 1. The Balaban J connectivity index is 2.20. The molecule has 88 valence electrons. The average molecular weight is 313 g/mol. The van der Waals surface area contributed by atoms with E-state index in [1.54, 1.807) is 18.5 Å². The first kappa shape index (κ1) is 12.1. The van der Waals surface area contributed by atoms with Gasteiger partial charge in [-0.3, -0.25) is 9.78 Å². The summed E-state index contributed by atoms with van der Waals surface area (Å²) in [6.45, 7) is 1.94. The molecule has 0 radical (unpaired) electrons. The number of nitrogens with zero attached hydrogens (tertiary/aromatic N) is 3. The first-order valence-corrected chi connectivity index (χ1v) is 6.51. The van der Waals surface area contributed by atoms with Crippen LogP contribution in [0.5, 0.6) is 0 Å². The molecule has 0 unspecified atom stereocenters. The van der Waals surface area contributed by atoms with E-state index in [1.807, 2.05) is 6.92 Å². The SMILES string of the molecule is CCc1nnsc1C(=O)Nc1ccncc1Br. The summed E-state index contributed by atoms with van der Waals surface area (Å²) in [6, 6.07) is 1.72. The van der Waals surface area contributed by atoms with Crippen LogP contribution < -0.4 is 5.32 Å². The quantitative estimate of drug-likeness (QED) is 0.945. The number of pyridine rings is 1. The van der Waals surface area contributed by atoms with Gasteiger partial charge in [0.2, 0.25) is 0 Å². The second-order valence-corrected chi connectivity index (χ2v) is 4.82. The van der Waals surface area contributed by atoms with E-state index in [9.17, 15) is 4.79 Å². The van der Waals surface area contributed by atoms with Gasteiger partial charge in [0.05, 0.1) is 15.9 Å². The van der Waals surface area contributed by atoms with Crippen molar-refractivity contribution < 1.29 is 4.79 Å². The molecule has 2 heterocycles. The first-order valence-electron chi connectivity index (χ1n) is 4.94. The van der Waals surface area contributed by atoms with Crippen LogP contribution in [0.1, 0.15) is 22.3 Å². The van der Waals surface area contributed by atoms with Gasteiger partial charge in [0.25, 0.3) is 5.91 Å². The lowest BCUT2D eigenvalue weighted by molar-refractivity contribution is 0.102. The number of amides is 1. The Kier molecular flexibility index (Phi) is 3.80. The summed E-state index contributed by atoms with van der Waals surface area (Å²) in [6.07, 6.45) is 3.93. The number of carbonyl (C=O) groups excluding carboxylic acids is 1. The van der Waals surface area contributed by atoms with Gasteiger partial charge in [0.1, 0.15) is 4.88 Å². The number of hydrogen-bond acceptors (Lipinski definition) is 5. The smallest absolute Gasteiger partial charge is 0.269 e. The molecule has 5 nitrogen and oxygen atoms in total. The number of hydrogen-bond donors (Lipinski definition) is 1. The normalized spacial score (nSPS) is 10.2. The van der Waals surface area contributed by atoms with Crippen LogP contribution in [0.2, 0.25) is 0 Å². The molecule has 1 N–H and O–H groups in total. The molecule has 2 aromatic rings. The summed E-state index contributed by atoms with van der Waals surface area (Å²) in [5.41, 5.74) is 1.40. The van der Waals surface area contributed by atoms with Crippen LogP contribution >= 0.6 is 27.5 Å². The minimum atomic E-state index is -0.191. The van der Waals surface area contributed by atoms with Crippen molar-refractivity contribution in [1.82, 2.24) is 14.6 Å². The van der Waals surface area contributed by atoms with E-state index in [4.69, 9.17) is 0 Å². The Morgan fingerprint density at radius 3 is 3.12 bits per heavy atom. The zero-order valence-electron chi connectivity index (χ0n) is 8.98. The van der Waals surface area contributed by atoms with Crippen molar-refractivity contribution in [3.63, 3.8) is 0 Å². The fourth-order valence-electron chi connectivity index (χ4n) is 1.27. The molecule has 0 aliphatic rings. The maximum Gasteiger partial charge on any atom is 0.269 e. The summed E-state index contributed by atoms with van der Waals surface area (Å²) in [7, 11) is 0. The van der Waals surface area contributed by atoms with Gasteiger partial charge in [-0.05, 0) is 39.9 Å². The highest BCUT2D eigenvalue weighted by Gasteiger charge is 2.15. The molecule has 1 amide bonds. The minimum Gasteiger partial charge on any atom is -0.320 e. The van der Waals surface area contributed by atoms with Gasteiger partial charge in [-0.15, -0.1) is 5.10 Å². The molecule has 0 spiro atoms. The lowest BCUT2D eigenvalue weighted by Gasteiger charge is -2.05. The lowest BCUT2D eigenvalue weighted by Crippen LogP contribution is -2.12. The van der Waals surface area contributed by atoms with Crippen LogP contribution in [0, 0.1) is 0 Å². The van der Waals surface area contributed by atoms with E-state index in [0.29, 0.717) is 17.0 Å². The van der Waals surface area contributed by atoms with Crippen molar-refractivity contribution in [1.29, 1.82) is 0 Å². The minimum absolute atomic E-state index is 0.191. The molecular weight excluding hydrogens is 304 g/mol. The van der Waals surface area contributed by atoms with Gasteiger partial charge < -0.3 is 5.32 Å². The van der Waals surface area contributed by atoms with E-state index < -0.39 is 0 Å². The van der Waals surface area contributed by atoms with Crippen LogP contribution in [-0.2, 0) is 6.42 Å². The Morgan fingerprint density at radius 2 is 2.41 bits per heavy atom. The van der Waals surface area contributed by atoms with Crippen LogP contribution in [0.3, 0.4) is 0 Å². The molecule has 0 saturated heterocycles. The summed E-state index contributed by atoms with van der Waals surface area (Å²) < 4.78 is 4.52. The molecule has 0 aromatic carbocycles. The average Bonchev–Trinajstić information content (AvgIpc) is 2.80. The summed E-state index contributed by atoms with van der Waals surface area (Å²) in [5.74, 6) is -0.191. The van der Waals surface area contributed by atoms with Crippen LogP contribution in [0.15, 0.2) is 22.9 Å². The lowest BCUT2D eigenvalue weighted by atomic mass is 10.3. The summed E-state index contributed by atoms with van der Waals surface area (Å²) in [5, 5.41) is 6.70. The molecule has 0 atom stereocenters. The Labute approximate surface area is 111 Å². The monoisotopic (exact) mass is 312 g/mol. The Morgan fingerprint density at radius 1 is 1.59 bits per heavy atom.